The van der Waals surface area contributed by atoms with Crippen molar-refractivity contribution < 1.29 is 4.52 Å². The third-order valence-electron chi connectivity index (χ3n) is 3.36. The van der Waals surface area contributed by atoms with E-state index in [1.807, 2.05) is 13.8 Å². The minimum absolute atomic E-state index is 0.170. The summed E-state index contributed by atoms with van der Waals surface area (Å²) in [6, 6.07) is 4.64. The van der Waals surface area contributed by atoms with E-state index in [4.69, 9.17) is 4.52 Å². The first-order valence-corrected chi connectivity index (χ1v) is 7.46. The van der Waals surface area contributed by atoms with Crippen LogP contribution in [0.1, 0.15) is 48.7 Å². The van der Waals surface area contributed by atoms with E-state index in [0.717, 1.165) is 18.0 Å². The molecule has 2 heterocycles. The molecule has 0 fully saturated rings. The van der Waals surface area contributed by atoms with Gasteiger partial charge in [0.25, 0.3) is 0 Å². The summed E-state index contributed by atoms with van der Waals surface area (Å²) < 4.78 is 5.22. The fourth-order valence-corrected chi connectivity index (χ4v) is 3.29. The van der Waals surface area contributed by atoms with Crippen molar-refractivity contribution >= 4 is 11.3 Å². The molecule has 4 heteroatoms. The van der Waals surface area contributed by atoms with Crippen LogP contribution >= 0.6 is 11.3 Å². The average molecular weight is 278 g/mol. The predicted molar refractivity (Wildman–Crippen MR) is 79.3 cm³/mol. The molecule has 19 heavy (non-hydrogen) atoms. The molecule has 0 spiro atoms. The first kappa shape index (κ1) is 14.3. The Bertz CT molecular complexity index is 503. The van der Waals surface area contributed by atoms with Gasteiger partial charge in [-0.1, -0.05) is 32.0 Å². The van der Waals surface area contributed by atoms with Gasteiger partial charge in [-0.05, 0) is 30.7 Å². The Labute approximate surface area is 119 Å². The normalized spacial score (nSPS) is 13.7. The summed E-state index contributed by atoms with van der Waals surface area (Å²) in [6.45, 7) is 11.5. The summed E-state index contributed by atoms with van der Waals surface area (Å²) in [4.78, 5) is 1.37. The second-order valence-corrected chi connectivity index (χ2v) is 6.98. The maximum atomic E-state index is 5.22. The fraction of sp³-hybridized carbons (Fsp3) is 0.533. The minimum Gasteiger partial charge on any atom is -0.361 e. The number of rotatable bonds is 4. The summed E-state index contributed by atoms with van der Waals surface area (Å²) in [5.41, 5.74) is 2.32. The lowest BCUT2D eigenvalue weighted by Crippen LogP contribution is -2.31. The van der Waals surface area contributed by atoms with Gasteiger partial charge >= 0.3 is 0 Å². The van der Waals surface area contributed by atoms with Crippen molar-refractivity contribution in [1.29, 1.82) is 0 Å². The summed E-state index contributed by atoms with van der Waals surface area (Å²) in [7, 11) is 0. The monoisotopic (exact) mass is 278 g/mol. The van der Waals surface area contributed by atoms with Crippen molar-refractivity contribution in [3.05, 3.63) is 39.4 Å². The highest BCUT2D eigenvalue weighted by molar-refractivity contribution is 7.10. The van der Waals surface area contributed by atoms with Gasteiger partial charge in [0, 0.05) is 23.0 Å². The number of nitrogens with one attached hydrogen (secondary N) is 1. The number of nitrogens with zero attached hydrogens (tertiary/aromatic N) is 1. The van der Waals surface area contributed by atoms with Crippen LogP contribution in [-0.4, -0.2) is 5.16 Å². The van der Waals surface area contributed by atoms with E-state index >= 15 is 0 Å². The standard InChI is InChI=1S/C15H22N2OS/c1-10-12(11(2)18-17-10)9-16-14(15(3,4)5)13-7-6-8-19-13/h6-8,14,16H,9H2,1-5H3. The first-order chi connectivity index (χ1) is 8.89. The van der Waals surface area contributed by atoms with Crippen molar-refractivity contribution in [3.8, 4) is 0 Å². The van der Waals surface area contributed by atoms with E-state index in [-0.39, 0.29) is 5.41 Å². The molecule has 1 unspecified atom stereocenters. The highest BCUT2D eigenvalue weighted by Gasteiger charge is 2.27. The Balaban J connectivity index is 2.14. The molecular formula is C15H22N2OS. The van der Waals surface area contributed by atoms with Crippen molar-refractivity contribution in [2.45, 2.75) is 47.2 Å². The summed E-state index contributed by atoms with van der Waals surface area (Å²) >= 11 is 1.80. The van der Waals surface area contributed by atoms with Crippen molar-refractivity contribution in [2.75, 3.05) is 0 Å². The van der Waals surface area contributed by atoms with Gasteiger partial charge in [-0.3, -0.25) is 0 Å². The molecule has 2 rings (SSSR count). The fourth-order valence-electron chi connectivity index (χ4n) is 2.25. The van der Waals surface area contributed by atoms with Crippen LogP contribution in [0.2, 0.25) is 0 Å². The molecule has 0 radical (unpaired) electrons. The molecule has 0 amide bonds. The minimum atomic E-state index is 0.170. The molecule has 1 atom stereocenters. The Morgan fingerprint density at radius 1 is 1.37 bits per heavy atom. The summed E-state index contributed by atoms with van der Waals surface area (Å²) in [6.07, 6.45) is 0. The zero-order valence-electron chi connectivity index (χ0n) is 12.3. The molecule has 2 aromatic heterocycles. The zero-order chi connectivity index (χ0) is 14.0. The highest BCUT2D eigenvalue weighted by Crippen LogP contribution is 2.35. The molecule has 0 bridgehead atoms. The van der Waals surface area contributed by atoms with Crippen molar-refractivity contribution in [3.63, 3.8) is 0 Å². The van der Waals surface area contributed by atoms with Gasteiger partial charge < -0.3 is 9.84 Å². The van der Waals surface area contributed by atoms with Crippen LogP contribution in [0.15, 0.2) is 22.0 Å². The van der Waals surface area contributed by atoms with Gasteiger partial charge in [0.2, 0.25) is 0 Å². The molecule has 1 N–H and O–H groups in total. The molecule has 0 aliphatic heterocycles. The van der Waals surface area contributed by atoms with Gasteiger partial charge in [-0.2, -0.15) is 0 Å². The van der Waals surface area contributed by atoms with Crippen LogP contribution in [0.3, 0.4) is 0 Å². The Kier molecular flexibility index (Phi) is 4.11. The van der Waals surface area contributed by atoms with E-state index in [1.165, 1.54) is 10.4 Å². The van der Waals surface area contributed by atoms with Crippen molar-refractivity contribution in [2.24, 2.45) is 5.41 Å². The molecule has 0 saturated carbocycles. The van der Waals surface area contributed by atoms with Crippen LogP contribution in [0, 0.1) is 19.3 Å². The van der Waals surface area contributed by atoms with Gasteiger partial charge in [0.05, 0.1) is 5.69 Å². The van der Waals surface area contributed by atoms with E-state index in [0.29, 0.717) is 6.04 Å². The van der Waals surface area contributed by atoms with Crippen LogP contribution in [0.25, 0.3) is 0 Å². The number of thiophene rings is 1. The van der Waals surface area contributed by atoms with Crippen molar-refractivity contribution in [1.82, 2.24) is 10.5 Å². The third kappa shape index (κ3) is 3.25. The van der Waals surface area contributed by atoms with E-state index in [9.17, 15) is 0 Å². The quantitative estimate of drug-likeness (QED) is 0.909. The smallest absolute Gasteiger partial charge is 0.138 e. The maximum absolute atomic E-state index is 5.22. The number of hydrogen-bond acceptors (Lipinski definition) is 4. The Hall–Kier alpha value is -1.13. The number of hydrogen-bond donors (Lipinski definition) is 1. The molecule has 2 aromatic rings. The third-order valence-corrected chi connectivity index (χ3v) is 4.30. The van der Waals surface area contributed by atoms with E-state index in [2.05, 4.69) is 48.8 Å². The number of aryl methyl sites for hydroxylation is 2. The zero-order valence-corrected chi connectivity index (χ0v) is 13.1. The second kappa shape index (κ2) is 5.47. The molecule has 104 valence electrons. The lowest BCUT2D eigenvalue weighted by Gasteiger charge is -2.31. The van der Waals surface area contributed by atoms with Crippen LogP contribution in [-0.2, 0) is 6.54 Å². The SMILES string of the molecule is Cc1noc(C)c1CNC(c1cccs1)C(C)(C)C. The molecule has 0 aromatic carbocycles. The topological polar surface area (TPSA) is 38.1 Å². The lowest BCUT2D eigenvalue weighted by molar-refractivity contribution is 0.274. The van der Waals surface area contributed by atoms with Gasteiger partial charge in [-0.15, -0.1) is 11.3 Å². The molecular weight excluding hydrogens is 256 g/mol. The van der Waals surface area contributed by atoms with Gasteiger partial charge in [-0.25, -0.2) is 0 Å². The first-order valence-electron chi connectivity index (χ1n) is 6.58. The number of aromatic nitrogens is 1. The van der Waals surface area contributed by atoms with Crippen LogP contribution < -0.4 is 5.32 Å². The highest BCUT2D eigenvalue weighted by atomic mass is 32.1. The predicted octanol–water partition coefficient (Wildman–Crippen LogP) is 4.23. The van der Waals surface area contributed by atoms with Gasteiger partial charge in [0.15, 0.2) is 0 Å². The Morgan fingerprint density at radius 3 is 2.58 bits per heavy atom. The largest absolute Gasteiger partial charge is 0.361 e. The summed E-state index contributed by atoms with van der Waals surface area (Å²) in [5, 5.41) is 9.79. The van der Waals surface area contributed by atoms with Gasteiger partial charge in [0.1, 0.15) is 5.76 Å². The molecule has 3 nitrogen and oxygen atoms in total. The molecule has 0 aliphatic rings. The van der Waals surface area contributed by atoms with Crippen LogP contribution in [0.5, 0.6) is 0 Å². The lowest BCUT2D eigenvalue weighted by atomic mass is 9.85. The maximum Gasteiger partial charge on any atom is 0.138 e. The van der Waals surface area contributed by atoms with Crippen LogP contribution in [0.4, 0.5) is 0 Å². The molecule has 0 aliphatic carbocycles. The summed E-state index contributed by atoms with van der Waals surface area (Å²) in [5.74, 6) is 0.906. The Morgan fingerprint density at radius 2 is 2.11 bits per heavy atom. The molecule has 0 saturated heterocycles. The van der Waals surface area contributed by atoms with E-state index in [1.54, 1.807) is 11.3 Å². The van der Waals surface area contributed by atoms with E-state index < -0.39 is 0 Å². The average Bonchev–Trinajstić information content (AvgIpc) is 2.91. The second-order valence-electron chi connectivity index (χ2n) is 6.00.